The predicted molar refractivity (Wildman–Crippen MR) is 80.2 cm³/mol. The van der Waals surface area contributed by atoms with Crippen LogP contribution in [0, 0.1) is 5.92 Å². The predicted octanol–water partition coefficient (Wildman–Crippen LogP) is 2.05. The van der Waals surface area contributed by atoms with Crippen molar-refractivity contribution in [3.05, 3.63) is 29.8 Å². The zero-order valence-corrected chi connectivity index (χ0v) is 12.5. The number of benzene rings is 1. The number of aliphatic hydroxyl groups is 1. The van der Waals surface area contributed by atoms with Crippen molar-refractivity contribution in [2.45, 2.75) is 50.7 Å². The van der Waals surface area contributed by atoms with E-state index >= 15 is 0 Å². The molecule has 4 heteroatoms. The molecule has 3 atom stereocenters. The number of nitrogens with one attached hydrogen (secondary N) is 1. The molecule has 1 aromatic carbocycles. The smallest absolute Gasteiger partial charge is 0.261 e. The Labute approximate surface area is 125 Å². The van der Waals surface area contributed by atoms with Gasteiger partial charge in [0.2, 0.25) is 0 Å². The van der Waals surface area contributed by atoms with Crippen LogP contribution in [0.3, 0.4) is 0 Å². The highest BCUT2D eigenvalue weighted by Gasteiger charge is 2.35. The Hall–Kier alpha value is -1.55. The van der Waals surface area contributed by atoms with E-state index < -0.39 is 11.7 Å². The second-order valence-electron chi connectivity index (χ2n) is 6.56. The molecule has 0 saturated heterocycles. The van der Waals surface area contributed by atoms with Gasteiger partial charge in [-0.1, -0.05) is 38.0 Å². The molecule has 1 fully saturated rings. The van der Waals surface area contributed by atoms with Gasteiger partial charge in [-0.25, -0.2) is 0 Å². The topological polar surface area (TPSA) is 58.6 Å². The molecule has 2 N–H and O–H groups in total. The highest BCUT2D eigenvalue weighted by Crippen LogP contribution is 2.32. The molecule has 1 aliphatic heterocycles. The van der Waals surface area contributed by atoms with Gasteiger partial charge in [-0.2, -0.15) is 0 Å². The Morgan fingerprint density at radius 2 is 2.29 bits per heavy atom. The van der Waals surface area contributed by atoms with Gasteiger partial charge in [0.15, 0.2) is 6.10 Å². The Kier molecular flexibility index (Phi) is 3.89. The monoisotopic (exact) mass is 289 g/mol. The van der Waals surface area contributed by atoms with Crippen molar-refractivity contribution in [1.82, 2.24) is 5.32 Å². The molecule has 1 amide bonds. The van der Waals surface area contributed by atoms with E-state index in [0.29, 0.717) is 18.9 Å². The first kappa shape index (κ1) is 14.4. The average Bonchev–Trinajstić information content (AvgIpc) is 2.88. The van der Waals surface area contributed by atoms with Crippen molar-refractivity contribution in [3.63, 3.8) is 0 Å². The second kappa shape index (κ2) is 5.68. The van der Waals surface area contributed by atoms with Crippen molar-refractivity contribution in [2.75, 3.05) is 6.54 Å². The summed E-state index contributed by atoms with van der Waals surface area (Å²) in [4.78, 5) is 12.2. The van der Waals surface area contributed by atoms with Gasteiger partial charge in [0.05, 0.1) is 5.60 Å². The van der Waals surface area contributed by atoms with Gasteiger partial charge in [-0.3, -0.25) is 4.79 Å². The lowest BCUT2D eigenvalue weighted by molar-refractivity contribution is -0.129. The highest BCUT2D eigenvalue weighted by atomic mass is 16.5. The number of hydrogen-bond donors (Lipinski definition) is 2. The minimum absolute atomic E-state index is 0.127. The number of fused-ring (bicyclic) bond motifs is 1. The van der Waals surface area contributed by atoms with Crippen molar-refractivity contribution in [3.8, 4) is 5.75 Å². The molecule has 0 bridgehead atoms. The second-order valence-corrected chi connectivity index (χ2v) is 6.56. The van der Waals surface area contributed by atoms with Crippen molar-refractivity contribution in [2.24, 2.45) is 5.92 Å². The van der Waals surface area contributed by atoms with E-state index in [1.54, 1.807) is 0 Å². The minimum Gasteiger partial charge on any atom is -0.480 e. The van der Waals surface area contributed by atoms with E-state index in [0.717, 1.165) is 37.0 Å². The van der Waals surface area contributed by atoms with Gasteiger partial charge in [-0.05, 0) is 30.4 Å². The molecule has 1 aromatic rings. The fourth-order valence-electron chi connectivity index (χ4n) is 3.49. The SMILES string of the molecule is CC1CCCC(O)(CNC(=O)C2Cc3ccccc3O2)C1. The summed E-state index contributed by atoms with van der Waals surface area (Å²) in [6.07, 6.45) is 3.86. The van der Waals surface area contributed by atoms with E-state index in [2.05, 4.69) is 12.2 Å². The Morgan fingerprint density at radius 3 is 3.05 bits per heavy atom. The molecule has 1 heterocycles. The molecule has 1 aliphatic carbocycles. The zero-order valence-electron chi connectivity index (χ0n) is 12.5. The third-order valence-corrected chi connectivity index (χ3v) is 4.60. The number of ether oxygens (including phenoxy) is 1. The van der Waals surface area contributed by atoms with Crippen LogP contribution in [0.25, 0.3) is 0 Å². The number of rotatable bonds is 3. The fourth-order valence-corrected chi connectivity index (χ4v) is 3.49. The molecule has 2 aliphatic rings. The maximum atomic E-state index is 12.2. The lowest BCUT2D eigenvalue weighted by atomic mass is 9.79. The van der Waals surface area contributed by atoms with E-state index in [1.165, 1.54) is 0 Å². The molecule has 114 valence electrons. The number of carbonyl (C=O) groups excluding carboxylic acids is 1. The van der Waals surface area contributed by atoms with Crippen LogP contribution in [0.4, 0.5) is 0 Å². The van der Waals surface area contributed by atoms with Crippen molar-refractivity contribution in [1.29, 1.82) is 0 Å². The lowest BCUT2D eigenvalue weighted by Crippen LogP contribution is -2.48. The first-order valence-corrected chi connectivity index (χ1v) is 7.80. The van der Waals surface area contributed by atoms with Crippen molar-refractivity contribution < 1.29 is 14.6 Å². The average molecular weight is 289 g/mol. The molecule has 0 radical (unpaired) electrons. The summed E-state index contributed by atoms with van der Waals surface area (Å²) in [5.74, 6) is 1.19. The molecule has 0 aromatic heterocycles. The van der Waals surface area contributed by atoms with Gasteiger partial charge in [0.25, 0.3) is 5.91 Å². The number of hydrogen-bond acceptors (Lipinski definition) is 3. The normalized spacial score (nSPS) is 31.3. The van der Waals surface area contributed by atoms with E-state index in [1.807, 2.05) is 24.3 Å². The van der Waals surface area contributed by atoms with Crippen LogP contribution >= 0.6 is 0 Å². The summed E-state index contributed by atoms with van der Waals surface area (Å²) in [5, 5.41) is 13.4. The molecular formula is C17H23NO3. The molecule has 3 unspecified atom stereocenters. The Bertz CT molecular complexity index is 506. The van der Waals surface area contributed by atoms with Crippen LogP contribution in [0.1, 0.15) is 38.2 Å². The van der Waals surface area contributed by atoms with Crippen molar-refractivity contribution >= 4 is 5.91 Å². The number of para-hydroxylation sites is 1. The summed E-state index contributed by atoms with van der Waals surface area (Å²) in [6, 6.07) is 7.73. The van der Waals surface area contributed by atoms with Gasteiger partial charge in [-0.15, -0.1) is 0 Å². The largest absolute Gasteiger partial charge is 0.480 e. The van der Waals surface area contributed by atoms with Crippen LogP contribution in [0.2, 0.25) is 0 Å². The highest BCUT2D eigenvalue weighted by molar-refractivity contribution is 5.82. The quantitative estimate of drug-likeness (QED) is 0.895. The number of amides is 1. The Morgan fingerprint density at radius 1 is 1.48 bits per heavy atom. The molecule has 0 spiro atoms. The van der Waals surface area contributed by atoms with Crippen LogP contribution in [0.5, 0.6) is 5.75 Å². The Balaban J connectivity index is 1.54. The first-order valence-electron chi connectivity index (χ1n) is 7.80. The number of carbonyl (C=O) groups is 1. The van der Waals surface area contributed by atoms with Gasteiger partial charge >= 0.3 is 0 Å². The summed E-state index contributed by atoms with van der Waals surface area (Å²) < 4.78 is 5.67. The van der Waals surface area contributed by atoms with E-state index in [-0.39, 0.29) is 5.91 Å². The third kappa shape index (κ3) is 3.21. The zero-order chi connectivity index (χ0) is 14.9. The third-order valence-electron chi connectivity index (χ3n) is 4.60. The standard InChI is InChI=1S/C17H23NO3/c1-12-5-4-8-17(20,10-12)11-18-16(19)15-9-13-6-2-3-7-14(13)21-15/h2-3,6-7,12,15,20H,4-5,8-11H2,1H3,(H,18,19). The van der Waals surface area contributed by atoms with Gasteiger partial charge in [0, 0.05) is 13.0 Å². The maximum Gasteiger partial charge on any atom is 0.261 e. The summed E-state index contributed by atoms with van der Waals surface area (Å²) >= 11 is 0. The molecule has 21 heavy (non-hydrogen) atoms. The minimum atomic E-state index is -0.751. The van der Waals surface area contributed by atoms with Gasteiger partial charge < -0.3 is 15.2 Å². The van der Waals surface area contributed by atoms with Crippen LogP contribution < -0.4 is 10.1 Å². The van der Waals surface area contributed by atoms with Crippen LogP contribution in [-0.2, 0) is 11.2 Å². The molecule has 1 saturated carbocycles. The van der Waals surface area contributed by atoms with E-state index in [9.17, 15) is 9.90 Å². The van der Waals surface area contributed by atoms with Crippen LogP contribution in [-0.4, -0.2) is 29.3 Å². The molecule has 3 rings (SSSR count). The fraction of sp³-hybridized carbons (Fsp3) is 0.588. The summed E-state index contributed by atoms with van der Waals surface area (Å²) in [6.45, 7) is 2.48. The summed E-state index contributed by atoms with van der Waals surface area (Å²) in [7, 11) is 0. The van der Waals surface area contributed by atoms with Gasteiger partial charge in [0.1, 0.15) is 5.75 Å². The maximum absolute atomic E-state index is 12.2. The van der Waals surface area contributed by atoms with Crippen LogP contribution in [0.15, 0.2) is 24.3 Å². The first-order chi connectivity index (χ1) is 10.1. The summed E-state index contributed by atoms with van der Waals surface area (Å²) in [5.41, 5.74) is 0.321. The van der Waals surface area contributed by atoms with E-state index in [4.69, 9.17) is 4.74 Å². The lowest BCUT2D eigenvalue weighted by Gasteiger charge is -2.35. The molecular weight excluding hydrogens is 266 g/mol. The molecule has 4 nitrogen and oxygen atoms in total.